The molecule has 2 atom stereocenters. The molecule has 2 aliphatic heterocycles. The Hall–Kier alpha value is -1.24. The molecule has 0 bridgehead atoms. The lowest BCUT2D eigenvalue weighted by Gasteiger charge is -2.36. The lowest BCUT2D eigenvalue weighted by Crippen LogP contribution is -2.42. The molecule has 6 heteroatoms. The Labute approximate surface area is 128 Å². The Morgan fingerprint density at radius 2 is 2.27 bits per heavy atom. The predicted octanol–water partition coefficient (Wildman–Crippen LogP) is 1.80. The molecule has 3 rings (SSSR count). The summed E-state index contributed by atoms with van der Waals surface area (Å²) in [6.45, 7) is 2.91. The van der Waals surface area contributed by atoms with E-state index in [0.717, 1.165) is 19.0 Å². The SMILES string of the molecule is COc1ccc(F)c(F)c1CN1C[C@@H]2CCOC[C@]2(CO)C1. The molecule has 1 aromatic rings. The number of halogens is 2. The summed E-state index contributed by atoms with van der Waals surface area (Å²) in [6, 6.07) is 2.52. The number of fused-ring (bicyclic) bond motifs is 1. The second-order valence-electron chi connectivity index (χ2n) is 6.27. The average Bonchev–Trinajstić information content (AvgIpc) is 2.91. The highest BCUT2D eigenvalue weighted by Crippen LogP contribution is 2.42. The van der Waals surface area contributed by atoms with Gasteiger partial charge in [0.25, 0.3) is 0 Å². The molecule has 2 fully saturated rings. The zero-order valence-corrected chi connectivity index (χ0v) is 12.6. The van der Waals surface area contributed by atoms with Gasteiger partial charge < -0.3 is 14.6 Å². The van der Waals surface area contributed by atoms with Crippen LogP contribution in [0, 0.1) is 23.0 Å². The van der Waals surface area contributed by atoms with Gasteiger partial charge in [0.05, 0.1) is 20.3 Å². The van der Waals surface area contributed by atoms with Crippen LogP contribution in [-0.2, 0) is 11.3 Å². The zero-order chi connectivity index (χ0) is 15.7. The maximum Gasteiger partial charge on any atom is 0.167 e. The van der Waals surface area contributed by atoms with Crippen LogP contribution in [0.25, 0.3) is 0 Å². The number of hydrogen-bond donors (Lipinski definition) is 1. The number of likely N-dealkylation sites (tertiary alicyclic amines) is 1. The van der Waals surface area contributed by atoms with Gasteiger partial charge in [0.1, 0.15) is 5.75 Å². The van der Waals surface area contributed by atoms with Gasteiger partial charge in [-0.3, -0.25) is 4.90 Å². The van der Waals surface area contributed by atoms with E-state index in [1.54, 1.807) is 0 Å². The molecule has 1 N–H and O–H groups in total. The molecule has 2 saturated heterocycles. The molecule has 122 valence electrons. The molecule has 0 spiro atoms. The van der Waals surface area contributed by atoms with Gasteiger partial charge in [-0.2, -0.15) is 0 Å². The lowest BCUT2D eigenvalue weighted by molar-refractivity contribution is -0.0561. The molecule has 0 aromatic heterocycles. The zero-order valence-electron chi connectivity index (χ0n) is 12.6. The Morgan fingerprint density at radius 3 is 2.95 bits per heavy atom. The number of nitrogens with zero attached hydrogens (tertiary/aromatic N) is 1. The molecule has 22 heavy (non-hydrogen) atoms. The van der Waals surface area contributed by atoms with E-state index in [1.165, 1.54) is 13.2 Å². The average molecular weight is 313 g/mol. The van der Waals surface area contributed by atoms with Gasteiger partial charge in [-0.05, 0) is 24.5 Å². The first-order valence-electron chi connectivity index (χ1n) is 7.51. The normalized spacial score (nSPS) is 28.6. The monoisotopic (exact) mass is 313 g/mol. The summed E-state index contributed by atoms with van der Waals surface area (Å²) in [5.74, 6) is -1.05. The van der Waals surface area contributed by atoms with Crippen molar-refractivity contribution in [2.24, 2.45) is 11.3 Å². The van der Waals surface area contributed by atoms with Gasteiger partial charge in [0.15, 0.2) is 11.6 Å². The van der Waals surface area contributed by atoms with Crippen LogP contribution in [0.1, 0.15) is 12.0 Å². The first-order chi connectivity index (χ1) is 10.6. The Morgan fingerprint density at radius 1 is 1.45 bits per heavy atom. The molecular formula is C16H21F2NO3. The summed E-state index contributed by atoms with van der Waals surface area (Å²) in [7, 11) is 1.45. The smallest absolute Gasteiger partial charge is 0.167 e. The van der Waals surface area contributed by atoms with Crippen molar-refractivity contribution in [3.05, 3.63) is 29.3 Å². The van der Waals surface area contributed by atoms with Crippen LogP contribution in [0.3, 0.4) is 0 Å². The quantitative estimate of drug-likeness (QED) is 0.920. The fourth-order valence-electron chi connectivity index (χ4n) is 3.69. The van der Waals surface area contributed by atoms with Crippen LogP contribution in [0.5, 0.6) is 5.75 Å². The first-order valence-corrected chi connectivity index (χ1v) is 7.51. The first kappa shape index (κ1) is 15.6. The molecule has 0 saturated carbocycles. The van der Waals surface area contributed by atoms with Gasteiger partial charge in [0, 0.05) is 37.2 Å². The van der Waals surface area contributed by atoms with Crippen LogP contribution >= 0.6 is 0 Å². The van der Waals surface area contributed by atoms with Gasteiger partial charge in [0.2, 0.25) is 0 Å². The molecule has 0 aliphatic carbocycles. The van der Waals surface area contributed by atoms with E-state index in [2.05, 4.69) is 4.90 Å². The number of aliphatic hydroxyl groups excluding tert-OH is 1. The number of aliphatic hydroxyl groups is 1. The number of rotatable bonds is 4. The van der Waals surface area contributed by atoms with Crippen molar-refractivity contribution in [3.63, 3.8) is 0 Å². The lowest BCUT2D eigenvalue weighted by atomic mass is 9.76. The van der Waals surface area contributed by atoms with E-state index < -0.39 is 11.6 Å². The van der Waals surface area contributed by atoms with E-state index in [-0.39, 0.29) is 24.1 Å². The molecule has 4 nitrogen and oxygen atoms in total. The van der Waals surface area contributed by atoms with Crippen LogP contribution < -0.4 is 4.74 Å². The van der Waals surface area contributed by atoms with Gasteiger partial charge in [-0.25, -0.2) is 8.78 Å². The van der Waals surface area contributed by atoms with Gasteiger partial charge in [-0.15, -0.1) is 0 Å². The van der Waals surface area contributed by atoms with Crippen molar-refractivity contribution < 1.29 is 23.4 Å². The molecular weight excluding hydrogens is 292 g/mol. The summed E-state index contributed by atoms with van der Waals surface area (Å²) < 4.78 is 38.3. The van der Waals surface area contributed by atoms with Gasteiger partial charge in [-0.1, -0.05) is 0 Å². The highest BCUT2D eigenvalue weighted by Gasteiger charge is 2.48. The molecule has 0 amide bonds. The minimum Gasteiger partial charge on any atom is -0.496 e. The molecule has 2 aliphatic rings. The van der Waals surface area contributed by atoms with E-state index in [9.17, 15) is 13.9 Å². The van der Waals surface area contributed by atoms with Crippen LogP contribution in [0.15, 0.2) is 12.1 Å². The Balaban J connectivity index is 1.82. The molecule has 0 unspecified atom stereocenters. The predicted molar refractivity (Wildman–Crippen MR) is 76.6 cm³/mol. The van der Waals surface area contributed by atoms with Crippen molar-refractivity contribution in [2.45, 2.75) is 13.0 Å². The fraction of sp³-hybridized carbons (Fsp3) is 0.625. The fourth-order valence-corrected chi connectivity index (χ4v) is 3.69. The van der Waals surface area contributed by atoms with E-state index >= 15 is 0 Å². The maximum atomic E-state index is 14.1. The van der Waals surface area contributed by atoms with Crippen LogP contribution in [-0.4, -0.2) is 50.0 Å². The van der Waals surface area contributed by atoms with Crippen molar-refractivity contribution in [1.29, 1.82) is 0 Å². The minimum atomic E-state index is -0.868. The highest BCUT2D eigenvalue weighted by atomic mass is 19.2. The standard InChI is InChI=1S/C16H21F2NO3/c1-21-14-3-2-13(17)15(18)12(14)7-19-6-11-4-5-22-10-16(11,8-19)9-20/h2-3,11,20H,4-10H2,1H3/t11-,16+/m0/s1. The summed E-state index contributed by atoms with van der Waals surface area (Å²) in [4.78, 5) is 2.05. The number of methoxy groups -OCH3 is 1. The summed E-state index contributed by atoms with van der Waals surface area (Å²) in [5, 5.41) is 9.77. The second-order valence-corrected chi connectivity index (χ2v) is 6.27. The third-order valence-corrected chi connectivity index (χ3v) is 4.95. The summed E-state index contributed by atoms with van der Waals surface area (Å²) in [6.07, 6.45) is 0.889. The topological polar surface area (TPSA) is 41.9 Å². The highest BCUT2D eigenvalue weighted by molar-refractivity contribution is 5.35. The van der Waals surface area contributed by atoms with E-state index in [4.69, 9.17) is 9.47 Å². The van der Waals surface area contributed by atoms with Crippen molar-refractivity contribution in [2.75, 3.05) is 40.0 Å². The minimum absolute atomic E-state index is 0.0525. The van der Waals surface area contributed by atoms with Crippen molar-refractivity contribution in [3.8, 4) is 5.75 Å². The van der Waals surface area contributed by atoms with Gasteiger partial charge >= 0.3 is 0 Å². The third kappa shape index (κ3) is 2.59. The van der Waals surface area contributed by atoms with E-state index in [1.807, 2.05) is 0 Å². The van der Waals surface area contributed by atoms with Crippen LogP contribution in [0.4, 0.5) is 8.78 Å². The molecule has 1 aromatic carbocycles. The Kier molecular flexibility index (Phi) is 4.34. The number of hydrogen-bond acceptors (Lipinski definition) is 4. The largest absolute Gasteiger partial charge is 0.496 e. The summed E-state index contributed by atoms with van der Waals surface area (Å²) in [5.41, 5.74) is -0.0508. The maximum absolute atomic E-state index is 14.1. The Bertz CT molecular complexity index is 554. The van der Waals surface area contributed by atoms with E-state index in [0.29, 0.717) is 31.4 Å². The van der Waals surface area contributed by atoms with Crippen molar-refractivity contribution in [1.82, 2.24) is 4.90 Å². The number of ether oxygens (including phenoxy) is 2. The summed E-state index contributed by atoms with van der Waals surface area (Å²) >= 11 is 0. The van der Waals surface area contributed by atoms with Crippen LogP contribution in [0.2, 0.25) is 0 Å². The third-order valence-electron chi connectivity index (χ3n) is 4.95. The van der Waals surface area contributed by atoms with Crippen molar-refractivity contribution >= 4 is 0 Å². The second kappa shape index (κ2) is 6.10. The number of benzene rings is 1. The molecule has 2 heterocycles. The molecule has 0 radical (unpaired) electrons.